The van der Waals surface area contributed by atoms with Gasteiger partial charge < -0.3 is 9.88 Å². The molecule has 2 aromatic rings. The van der Waals surface area contributed by atoms with Gasteiger partial charge in [0, 0.05) is 22.9 Å². The van der Waals surface area contributed by atoms with Crippen molar-refractivity contribution in [3.63, 3.8) is 0 Å². The first-order valence-corrected chi connectivity index (χ1v) is 8.16. The average Bonchev–Trinajstić information content (AvgIpc) is 2.92. The number of halogens is 2. The first-order valence-electron chi connectivity index (χ1n) is 6.99. The molecule has 0 unspecified atom stereocenters. The summed E-state index contributed by atoms with van der Waals surface area (Å²) in [5.74, 6) is 0.872. The molecule has 1 aliphatic rings. The minimum atomic E-state index is 0.555. The summed E-state index contributed by atoms with van der Waals surface area (Å²) >= 11 is 9.70. The number of hydrogen-bond donors (Lipinski definition) is 1. The van der Waals surface area contributed by atoms with E-state index in [0.717, 1.165) is 16.1 Å². The summed E-state index contributed by atoms with van der Waals surface area (Å²) in [6, 6.07) is 6.34. The van der Waals surface area contributed by atoms with Crippen LogP contribution in [0.2, 0.25) is 5.02 Å². The Morgan fingerprint density at radius 1 is 1.25 bits per heavy atom. The molecule has 1 N–H and O–H groups in total. The lowest BCUT2D eigenvalue weighted by Gasteiger charge is -2.25. The molecule has 0 amide bonds. The Hall–Kier alpha value is -1.00. The molecule has 1 aliphatic carbocycles. The maximum Gasteiger partial charge on any atom is 0.207 e. The van der Waals surface area contributed by atoms with Gasteiger partial charge >= 0.3 is 0 Å². The second-order valence-electron chi connectivity index (χ2n) is 5.20. The average molecular weight is 355 g/mol. The Bertz CT molecular complexity index is 591. The van der Waals surface area contributed by atoms with E-state index in [1.165, 1.54) is 32.1 Å². The summed E-state index contributed by atoms with van der Waals surface area (Å²) in [6.45, 7) is 0. The lowest BCUT2D eigenvalue weighted by molar-refractivity contribution is 0.356. The van der Waals surface area contributed by atoms with Crippen molar-refractivity contribution < 1.29 is 0 Å². The van der Waals surface area contributed by atoms with Crippen molar-refractivity contribution in [2.45, 2.75) is 38.1 Å². The van der Waals surface area contributed by atoms with Crippen LogP contribution < -0.4 is 5.32 Å². The van der Waals surface area contributed by atoms with Gasteiger partial charge in [0.2, 0.25) is 5.95 Å². The smallest absolute Gasteiger partial charge is 0.207 e. The second-order valence-corrected chi connectivity index (χ2v) is 6.52. The summed E-state index contributed by atoms with van der Waals surface area (Å²) in [6.07, 6.45) is 10.3. The molecule has 1 fully saturated rings. The second kappa shape index (κ2) is 6.19. The van der Waals surface area contributed by atoms with Gasteiger partial charge in [-0.15, -0.1) is 0 Å². The van der Waals surface area contributed by atoms with Gasteiger partial charge in [0.25, 0.3) is 0 Å². The third kappa shape index (κ3) is 3.01. The number of nitrogens with one attached hydrogen (secondary N) is 1. The number of benzene rings is 1. The molecule has 1 heterocycles. The Morgan fingerprint density at radius 2 is 2.05 bits per heavy atom. The normalized spacial score (nSPS) is 16.3. The van der Waals surface area contributed by atoms with E-state index < -0.39 is 0 Å². The van der Waals surface area contributed by atoms with Gasteiger partial charge in [-0.25, -0.2) is 4.98 Å². The van der Waals surface area contributed by atoms with Gasteiger partial charge in [0.1, 0.15) is 0 Å². The molecule has 0 radical (unpaired) electrons. The lowest BCUT2D eigenvalue weighted by Crippen LogP contribution is -2.14. The molecule has 106 valence electrons. The van der Waals surface area contributed by atoms with Crippen LogP contribution >= 0.6 is 27.5 Å². The van der Waals surface area contributed by atoms with Crippen LogP contribution in [0.4, 0.5) is 11.6 Å². The van der Waals surface area contributed by atoms with Crippen molar-refractivity contribution in [2.24, 2.45) is 0 Å². The first kappa shape index (κ1) is 14.0. The molecular weight excluding hydrogens is 338 g/mol. The maximum absolute atomic E-state index is 6.23. The number of rotatable bonds is 3. The zero-order valence-electron chi connectivity index (χ0n) is 11.1. The van der Waals surface area contributed by atoms with Crippen molar-refractivity contribution in [1.82, 2.24) is 9.55 Å². The standard InChI is InChI=1S/C15H17BrClN3/c16-11-6-7-13(17)14(10-11)19-15-18-8-9-20(15)12-4-2-1-3-5-12/h6-10,12H,1-5H2,(H,18,19). The summed E-state index contributed by atoms with van der Waals surface area (Å²) < 4.78 is 3.25. The fourth-order valence-electron chi connectivity index (χ4n) is 2.78. The number of aromatic nitrogens is 2. The molecule has 1 aromatic carbocycles. The van der Waals surface area contributed by atoms with Crippen LogP contribution in [0.1, 0.15) is 38.1 Å². The van der Waals surface area contributed by atoms with Gasteiger partial charge in [-0.05, 0) is 31.0 Å². The SMILES string of the molecule is Clc1ccc(Br)cc1Nc1nccn1C1CCCCC1. The molecule has 1 saturated carbocycles. The third-order valence-corrected chi connectivity index (χ3v) is 4.63. The molecule has 0 spiro atoms. The summed E-state index contributed by atoms with van der Waals surface area (Å²) in [5.41, 5.74) is 0.879. The van der Waals surface area contributed by atoms with Crippen molar-refractivity contribution in [1.29, 1.82) is 0 Å². The van der Waals surface area contributed by atoms with Crippen LogP contribution in [0.5, 0.6) is 0 Å². The Labute approximate surface area is 132 Å². The van der Waals surface area contributed by atoms with E-state index in [9.17, 15) is 0 Å². The molecule has 1 aromatic heterocycles. The topological polar surface area (TPSA) is 29.9 Å². The molecule has 0 aliphatic heterocycles. The van der Waals surface area contributed by atoms with Crippen LogP contribution in [-0.2, 0) is 0 Å². The molecule has 0 saturated heterocycles. The van der Waals surface area contributed by atoms with Gasteiger partial charge in [0.05, 0.1) is 10.7 Å². The fraction of sp³-hybridized carbons (Fsp3) is 0.400. The highest BCUT2D eigenvalue weighted by atomic mass is 79.9. The summed E-state index contributed by atoms with van der Waals surface area (Å²) in [4.78, 5) is 4.44. The molecule has 3 nitrogen and oxygen atoms in total. The monoisotopic (exact) mass is 353 g/mol. The van der Waals surface area contributed by atoms with Gasteiger partial charge in [0.15, 0.2) is 0 Å². The predicted molar refractivity (Wildman–Crippen MR) is 86.8 cm³/mol. The van der Waals surface area contributed by atoms with E-state index in [4.69, 9.17) is 11.6 Å². The zero-order valence-corrected chi connectivity index (χ0v) is 13.5. The van der Waals surface area contributed by atoms with E-state index in [1.807, 2.05) is 24.4 Å². The Balaban J connectivity index is 1.84. The number of anilines is 2. The lowest BCUT2D eigenvalue weighted by atomic mass is 9.95. The van der Waals surface area contributed by atoms with Crippen LogP contribution in [0.3, 0.4) is 0 Å². The molecule has 3 rings (SSSR count). The Kier molecular flexibility index (Phi) is 4.32. The zero-order chi connectivity index (χ0) is 13.9. The third-order valence-electron chi connectivity index (χ3n) is 3.81. The van der Waals surface area contributed by atoms with Gasteiger partial charge in [-0.1, -0.05) is 46.8 Å². The van der Waals surface area contributed by atoms with Crippen LogP contribution in [-0.4, -0.2) is 9.55 Å². The van der Waals surface area contributed by atoms with E-state index in [-0.39, 0.29) is 0 Å². The van der Waals surface area contributed by atoms with Gasteiger partial charge in [-0.3, -0.25) is 0 Å². The maximum atomic E-state index is 6.23. The van der Waals surface area contributed by atoms with Crippen molar-refractivity contribution in [3.8, 4) is 0 Å². The van der Waals surface area contributed by atoms with E-state index >= 15 is 0 Å². The van der Waals surface area contributed by atoms with Crippen molar-refractivity contribution in [3.05, 3.63) is 40.1 Å². The summed E-state index contributed by atoms with van der Waals surface area (Å²) in [7, 11) is 0. The molecule has 0 atom stereocenters. The van der Waals surface area contributed by atoms with E-state index in [1.54, 1.807) is 0 Å². The van der Waals surface area contributed by atoms with Crippen molar-refractivity contribution >= 4 is 39.2 Å². The van der Waals surface area contributed by atoms with E-state index in [0.29, 0.717) is 11.1 Å². The minimum absolute atomic E-state index is 0.555. The highest BCUT2D eigenvalue weighted by Gasteiger charge is 2.18. The number of nitrogens with zero attached hydrogens (tertiary/aromatic N) is 2. The van der Waals surface area contributed by atoms with Crippen LogP contribution in [0, 0.1) is 0 Å². The largest absolute Gasteiger partial charge is 0.324 e. The quantitative estimate of drug-likeness (QED) is 0.783. The van der Waals surface area contributed by atoms with E-state index in [2.05, 4.69) is 37.0 Å². The number of imidazole rings is 1. The highest BCUT2D eigenvalue weighted by molar-refractivity contribution is 9.10. The highest BCUT2D eigenvalue weighted by Crippen LogP contribution is 2.33. The first-order chi connectivity index (χ1) is 9.74. The molecule has 0 bridgehead atoms. The number of hydrogen-bond acceptors (Lipinski definition) is 2. The van der Waals surface area contributed by atoms with Crippen LogP contribution in [0.25, 0.3) is 0 Å². The summed E-state index contributed by atoms with van der Waals surface area (Å²) in [5, 5.41) is 4.05. The fourth-order valence-corrected chi connectivity index (χ4v) is 3.30. The Morgan fingerprint density at radius 3 is 2.85 bits per heavy atom. The van der Waals surface area contributed by atoms with Crippen LogP contribution in [0.15, 0.2) is 35.1 Å². The van der Waals surface area contributed by atoms with Crippen molar-refractivity contribution in [2.75, 3.05) is 5.32 Å². The minimum Gasteiger partial charge on any atom is -0.324 e. The predicted octanol–water partition coefficient (Wildman–Crippen LogP) is 5.55. The molecule has 5 heteroatoms. The van der Waals surface area contributed by atoms with Gasteiger partial charge in [-0.2, -0.15) is 0 Å². The molecular formula is C15H17BrClN3. The molecule has 20 heavy (non-hydrogen) atoms.